The average Bonchev–Trinajstić information content (AvgIpc) is 2.15. The molecule has 0 saturated carbocycles. The van der Waals surface area contributed by atoms with E-state index in [4.69, 9.17) is 0 Å². The molecule has 0 heterocycles. The Morgan fingerprint density at radius 1 is 0.850 bits per heavy atom. The summed E-state index contributed by atoms with van der Waals surface area (Å²) in [6.45, 7) is 10.8. The molecule has 0 atom stereocenters. The fourth-order valence-corrected chi connectivity index (χ4v) is 1.80. The summed E-state index contributed by atoms with van der Waals surface area (Å²) in [6, 6.07) is 2.69. The smallest absolute Gasteiger partial charge is 0.402 e. The Morgan fingerprint density at radius 2 is 1.35 bits per heavy atom. The quantitative estimate of drug-likeness (QED) is 0.637. The minimum atomic E-state index is -4.91. The number of halogens is 4. The van der Waals surface area contributed by atoms with Gasteiger partial charge in [0.05, 0.1) is 0 Å². The van der Waals surface area contributed by atoms with Gasteiger partial charge in [-0.05, 0) is 22.5 Å². The van der Waals surface area contributed by atoms with E-state index in [0.717, 1.165) is 6.07 Å². The third kappa shape index (κ3) is 4.12. The molecule has 0 aliphatic rings. The minimum absolute atomic E-state index is 0.208. The van der Waals surface area contributed by atoms with Crippen LogP contribution in [0.25, 0.3) is 0 Å². The summed E-state index contributed by atoms with van der Waals surface area (Å²) in [6.07, 6.45) is -4.91. The molecular weight excluding hydrogens is 272 g/mol. The van der Waals surface area contributed by atoms with E-state index in [1.807, 2.05) is 20.8 Å². The van der Waals surface area contributed by atoms with Crippen molar-refractivity contribution in [2.45, 2.75) is 58.7 Å². The molecule has 0 spiro atoms. The van der Waals surface area contributed by atoms with Crippen molar-refractivity contribution in [3.63, 3.8) is 0 Å². The van der Waals surface area contributed by atoms with Gasteiger partial charge < -0.3 is 4.74 Å². The van der Waals surface area contributed by atoms with Crippen LogP contribution >= 0.6 is 0 Å². The lowest BCUT2D eigenvalue weighted by Gasteiger charge is -2.27. The molecule has 0 fully saturated rings. The predicted molar refractivity (Wildman–Crippen MR) is 70.5 cm³/mol. The predicted octanol–water partition coefficient (Wildman–Crippen LogP) is 5.32. The van der Waals surface area contributed by atoms with Crippen LogP contribution in [0.1, 0.15) is 52.7 Å². The molecule has 1 rings (SSSR count). The molecular formula is C15H20F4O. The number of benzene rings is 1. The molecule has 0 aromatic heterocycles. The van der Waals surface area contributed by atoms with Gasteiger partial charge in [0.25, 0.3) is 0 Å². The van der Waals surface area contributed by atoms with Crippen molar-refractivity contribution in [1.29, 1.82) is 0 Å². The van der Waals surface area contributed by atoms with E-state index in [0.29, 0.717) is 5.56 Å². The SMILES string of the molecule is CC(C)(C)c1cc(F)c(OC(F)(F)F)c(C(C)(C)C)c1. The van der Waals surface area contributed by atoms with E-state index < -0.39 is 23.3 Å². The van der Waals surface area contributed by atoms with Gasteiger partial charge >= 0.3 is 6.36 Å². The van der Waals surface area contributed by atoms with Gasteiger partial charge in [-0.15, -0.1) is 13.2 Å². The van der Waals surface area contributed by atoms with Crippen LogP contribution in [0.4, 0.5) is 17.6 Å². The van der Waals surface area contributed by atoms with Crippen LogP contribution in [0.5, 0.6) is 5.75 Å². The highest BCUT2D eigenvalue weighted by Crippen LogP contribution is 2.39. The maximum atomic E-state index is 14.1. The molecule has 0 radical (unpaired) electrons. The van der Waals surface area contributed by atoms with E-state index in [-0.39, 0.29) is 11.0 Å². The second kappa shape index (κ2) is 4.93. The van der Waals surface area contributed by atoms with Gasteiger partial charge in [-0.3, -0.25) is 0 Å². The van der Waals surface area contributed by atoms with E-state index in [2.05, 4.69) is 4.74 Å². The zero-order valence-electron chi connectivity index (χ0n) is 12.6. The fourth-order valence-electron chi connectivity index (χ4n) is 1.80. The summed E-state index contributed by atoms with van der Waals surface area (Å²) >= 11 is 0. The first-order valence-electron chi connectivity index (χ1n) is 6.32. The molecule has 0 aliphatic heterocycles. The molecule has 1 aromatic carbocycles. The Morgan fingerprint density at radius 3 is 1.70 bits per heavy atom. The Bertz CT molecular complexity index is 490. The lowest BCUT2D eigenvalue weighted by Crippen LogP contribution is -2.24. The molecule has 1 nitrogen and oxygen atoms in total. The normalized spacial score (nSPS) is 13.5. The van der Waals surface area contributed by atoms with Gasteiger partial charge in [0.15, 0.2) is 11.6 Å². The molecule has 0 aliphatic carbocycles. The topological polar surface area (TPSA) is 9.23 Å². The van der Waals surface area contributed by atoms with Crippen LogP contribution in [-0.4, -0.2) is 6.36 Å². The summed E-state index contributed by atoms with van der Waals surface area (Å²) in [5.74, 6) is -1.72. The fraction of sp³-hybridized carbons (Fsp3) is 0.600. The highest BCUT2D eigenvalue weighted by atomic mass is 19.4. The Labute approximate surface area is 116 Å². The molecule has 0 unspecified atom stereocenters. The zero-order chi connectivity index (χ0) is 15.9. The molecule has 0 N–H and O–H groups in total. The molecule has 0 bridgehead atoms. The van der Waals surface area contributed by atoms with Crippen molar-refractivity contribution >= 4 is 0 Å². The van der Waals surface area contributed by atoms with Crippen molar-refractivity contribution < 1.29 is 22.3 Å². The Balaban J connectivity index is 3.52. The number of hydrogen-bond acceptors (Lipinski definition) is 1. The third-order valence-electron chi connectivity index (χ3n) is 2.94. The maximum Gasteiger partial charge on any atom is 0.573 e. The van der Waals surface area contributed by atoms with Crippen LogP contribution in [0.15, 0.2) is 12.1 Å². The first-order chi connectivity index (χ1) is 8.72. The highest BCUT2D eigenvalue weighted by molar-refractivity contribution is 5.44. The number of rotatable bonds is 1. The van der Waals surface area contributed by atoms with Gasteiger partial charge in [0.2, 0.25) is 0 Å². The second-order valence-electron chi connectivity index (χ2n) is 6.88. The van der Waals surface area contributed by atoms with Crippen molar-refractivity contribution in [3.8, 4) is 5.75 Å². The van der Waals surface area contributed by atoms with Crippen LogP contribution in [-0.2, 0) is 10.8 Å². The Hall–Kier alpha value is -1.26. The summed E-state index contributed by atoms with van der Waals surface area (Å²) in [5, 5.41) is 0. The first-order valence-corrected chi connectivity index (χ1v) is 6.32. The highest BCUT2D eigenvalue weighted by Gasteiger charge is 2.36. The zero-order valence-corrected chi connectivity index (χ0v) is 12.6. The van der Waals surface area contributed by atoms with Gasteiger partial charge in [0.1, 0.15) is 0 Å². The molecule has 114 valence electrons. The van der Waals surface area contributed by atoms with E-state index in [1.165, 1.54) is 0 Å². The van der Waals surface area contributed by atoms with Crippen molar-refractivity contribution in [2.24, 2.45) is 0 Å². The summed E-state index contributed by atoms with van der Waals surface area (Å²) in [5.41, 5.74) is -0.186. The van der Waals surface area contributed by atoms with Crippen molar-refractivity contribution in [3.05, 3.63) is 29.1 Å². The summed E-state index contributed by atoms with van der Waals surface area (Å²) < 4.78 is 55.3. The number of alkyl halides is 3. The minimum Gasteiger partial charge on any atom is -0.402 e. The van der Waals surface area contributed by atoms with Gasteiger partial charge in [-0.2, -0.15) is 0 Å². The lowest BCUT2D eigenvalue weighted by atomic mass is 9.80. The number of hydrogen-bond donors (Lipinski definition) is 0. The molecule has 0 saturated heterocycles. The van der Waals surface area contributed by atoms with Crippen molar-refractivity contribution in [1.82, 2.24) is 0 Å². The van der Waals surface area contributed by atoms with Crippen LogP contribution < -0.4 is 4.74 Å². The Kier molecular flexibility index (Phi) is 4.14. The lowest BCUT2D eigenvalue weighted by molar-refractivity contribution is -0.276. The molecule has 20 heavy (non-hydrogen) atoms. The molecule has 1 aromatic rings. The monoisotopic (exact) mass is 292 g/mol. The van der Waals surface area contributed by atoms with E-state index in [1.54, 1.807) is 26.8 Å². The third-order valence-corrected chi connectivity index (χ3v) is 2.94. The standard InChI is InChI=1S/C15H20F4O/c1-13(2,3)9-7-10(14(4,5)6)12(11(16)8-9)20-15(17,18)19/h7-8H,1-6H3. The largest absolute Gasteiger partial charge is 0.573 e. The van der Waals surface area contributed by atoms with Gasteiger partial charge in [-0.25, -0.2) is 4.39 Å². The van der Waals surface area contributed by atoms with Crippen LogP contribution in [0.3, 0.4) is 0 Å². The van der Waals surface area contributed by atoms with Crippen LogP contribution in [0, 0.1) is 5.82 Å². The first kappa shape index (κ1) is 16.8. The van der Waals surface area contributed by atoms with E-state index >= 15 is 0 Å². The maximum absolute atomic E-state index is 14.1. The number of ether oxygens (including phenoxy) is 1. The van der Waals surface area contributed by atoms with Crippen LogP contribution in [0.2, 0.25) is 0 Å². The molecule has 5 heteroatoms. The molecule has 0 amide bonds. The van der Waals surface area contributed by atoms with Gasteiger partial charge in [0, 0.05) is 5.56 Å². The average molecular weight is 292 g/mol. The van der Waals surface area contributed by atoms with Crippen molar-refractivity contribution in [2.75, 3.05) is 0 Å². The van der Waals surface area contributed by atoms with E-state index in [9.17, 15) is 17.6 Å². The summed E-state index contributed by atoms with van der Waals surface area (Å²) in [7, 11) is 0. The summed E-state index contributed by atoms with van der Waals surface area (Å²) in [4.78, 5) is 0. The second-order valence-corrected chi connectivity index (χ2v) is 6.88. The van der Waals surface area contributed by atoms with Gasteiger partial charge in [-0.1, -0.05) is 47.6 Å².